The summed E-state index contributed by atoms with van der Waals surface area (Å²) in [6, 6.07) is 7.70. The molecule has 0 atom stereocenters. The lowest BCUT2D eigenvalue weighted by molar-refractivity contribution is 0.220. The van der Waals surface area contributed by atoms with Gasteiger partial charge in [-0.3, -0.25) is 9.56 Å². The van der Waals surface area contributed by atoms with Gasteiger partial charge in [0.1, 0.15) is 0 Å². The molecule has 1 aliphatic rings. The van der Waals surface area contributed by atoms with Crippen molar-refractivity contribution in [3.8, 4) is 0 Å². The minimum Gasteiger partial charge on any atom is -0.309 e. The predicted octanol–water partition coefficient (Wildman–Crippen LogP) is 3.11. The van der Waals surface area contributed by atoms with Crippen LogP contribution in [0.4, 0.5) is 11.4 Å². The molecule has 2 N–H and O–H groups in total. The Balaban J connectivity index is 2.07. The third kappa shape index (κ3) is 4.14. The Morgan fingerprint density at radius 2 is 1.95 bits per heavy atom. The number of nitrogens with two attached hydrogens (primary N) is 1. The van der Waals surface area contributed by atoms with Crippen molar-refractivity contribution in [1.29, 1.82) is 0 Å². The van der Waals surface area contributed by atoms with Crippen molar-refractivity contribution < 1.29 is 13.6 Å². The molecule has 7 heteroatoms. The van der Waals surface area contributed by atoms with Gasteiger partial charge >= 0.3 is 7.60 Å². The molecule has 0 amide bonds. The zero-order valence-corrected chi connectivity index (χ0v) is 13.4. The molecule has 116 valence electrons. The van der Waals surface area contributed by atoms with Crippen LogP contribution >= 0.6 is 7.60 Å². The van der Waals surface area contributed by atoms with Crippen molar-refractivity contribution in [2.45, 2.75) is 20.3 Å². The number of benzene rings is 1. The number of aliphatic imine (C=N–C) groups is 1. The highest BCUT2D eigenvalue weighted by molar-refractivity contribution is 7.53. The molecule has 0 fully saturated rings. The minimum atomic E-state index is -3.03. The Hall–Kier alpha value is -1.20. The van der Waals surface area contributed by atoms with E-state index in [1.54, 1.807) is 5.01 Å². The van der Waals surface area contributed by atoms with E-state index in [2.05, 4.69) is 4.99 Å². The topological polar surface area (TPSA) is 77.2 Å². The summed E-state index contributed by atoms with van der Waals surface area (Å²) in [6.07, 6.45) is 0.864. The van der Waals surface area contributed by atoms with E-state index in [1.165, 1.54) is 0 Å². The molecule has 0 bridgehead atoms. The fourth-order valence-corrected chi connectivity index (χ4v) is 3.90. The maximum absolute atomic E-state index is 12.4. The molecule has 6 nitrogen and oxygen atoms in total. The molecule has 0 aliphatic carbocycles. The van der Waals surface area contributed by atoms with Crippen LogP contribution in [-0.4, -0.2) is 31.6 Å². The second-order valence-corrected chi connectivity index (χ2v) is 6.90. The van der Waals surface area contributed by atoms with Gasteiger partial charge in [0, 0.05) is 5.71 Å². The second kappa shape index (κ2) is 7.18. The Kier molecular flexibility index (Phi) is 5.53. The molecule has 1 aromatic rings. The summed E-state index contributed by atoms with van der Waals surface area (Å²) in [7, 11) is -3.03. The number of anilines is 1. The maximum atomic E-state index is 12.4. The van der Waals surface area contributed by atoms with Crippen molar-refractivity contribution >= 4 is 24.7 Å². The third-order valence-corrected chi connectivity index (χ3v) is 5.22. The second-order valence-electron chi connectivity index (χ2n) is 4.71. The van der Waals surface area contributed by atoms with Gasteiger partial charge in [-0.05, 0) is 32.4 Å². The SMILES string of the molecule is CCOP(=O)(CCC1=Nc2ccccc2N(N)C1)OCC. The van der Waals surface area contributed by atoms with Gasteiger partial charge in [0.05, 0.1) is 37.3 Å². The lowest BCUT2D eigenvalue weighted by Crippen LogP contribution is -2.38. The van der Waals surface area contributed by atoms with Crippen molar-refractivity contribution in [1.82, 2.24) is 0 Å². The Bertz CT molecular complexity index is 552. The van der Waals surface area contributed by atoms with E-state index < -0.39 is 7.60 Å². The smallest absolute Gasteiger partial charge is 0.309 e. The molecular weight excluding hydrogens is 289 g/mol. The van der Waals surface area contributed by atoms with Gasteiger partial charge in [-0.25, -0.2) is 5.84 Å². The average molecular weight is 311 g/mol. The lowest BCUT2D eigenvalue weighted by Gasteiger charge is -2.26. The number of rotatable bonds is 7. The van der Waals surface area contributed by atoms with E-state index >= 15 is 0 Å². The molecule has 0 radical (unpaired) electrons. The van der Waals surface area contributed by atoms with Gasteiger partial charge in [0.2, 0.25) is 0 Å². The zero-order valence-electron chi connectivity index (χ0n) is 12.5. The molecule has 21 heavy (non-hydrogen) atoms. The van der Waals surface area contributed by atoms with E-state index in [1.807, 2.05) is 38.1 Å². The summed E-state index contributed by atoms with van der Waals surface area (Å²) in [6.45, 7) is 4.88. The van der Waals surface area contributed by atoms with Crippen molar-refractivity contribution in [3.05, 3.63) is 24.3 Å². The van der Waals surface area contributed by atoms with Crippen molar-refractivity contribution in [2.24, 2.45) is 10.8 Å². The molecule has 0 saturated carbocycles. The minimum absolute atomic E-state index is 0.323. The summed E-state index contributed by atoms with van der Waals surface area (Å²) in [5.41, 5.74) is 2.62. The van der Waals surface area contributed by atoms with Crippen LogP contribution < -0.4 is 10.9 Å². The largest absolute Gasteiger partial charge is 0.331 e. The van der Waals surface area contributed by atoms with Crippen LogP contribution in [-0.2, 0) is 13.6 Å². The number of hydrogen-bond donors (Lipinski definition) is 1. The fraction of sp³-hybridized carbons (Fsp3) is 0.500. The molecular formula is C14H22N3O3P. The van der Waals surface area contributed by atoms with E-state index in [4.69, 9.17) is 14.9 Å². The highest BCUT2D eigenvalue weighted by Crippen LogP contribution is 2.48. The van der Waals surface area contributed by atoms with Gasteiger partial charge < -0.3 is 14.1 Å². The quantitative estimate of drug-likeness (QED) is 0.618. The first-order chi connectivity index (χ1) is 10.1. The molecule has 0 spiro atoms. The maximum Gasteiger partial charge on any atom is 0.331 e. The third-order valence-electron chi connectivity index (χ3n) is 3.15. The van der Waals surface area contributed by atoms with E-state index in [-0.39, 0.29) is 0 Å². The Morgan fingerprint density at radius 3 is 2.62 bits per heavy atom. The van der Waals surface area contributed by atoms with Crippen LogP contribution in [0.15, 0.2) is 29.3 Å². The monoisotopic (exact) mass is 311 g/mol. The van der Waals surface area contributed by atoms with Crippen LogP contribution in [0, 0.1) is 0 Å². The zero-order chi connectivity index (χ0) is 15.3. The van der Waals surface area contributed by atoms with Crippen LogP contribution in [0.5, 0.6) is 0 Å². The van der Waals surface area contributed by atoms with E-state index in [0.717, 1.165) is 17.1 Å². The van der Waals surface area contributed by atoms with Gasteiger partial charge in [0.25, 0.3) is 0 Å². The van der Waals surface area contributed by atoms with Crippen LogP contribution in [0.3, 0.4) is 0 Å². The van der Waals surface area contributed by atoms with E-state index in [9.17, 15) is 4.57 Å². The molecule has 1 heterocycles. The predicted molar refractivity (Wildman–Crippen MR) is 85.4 cm³/mol. The van der Waals surface area contributed by atoms with Gasteiger partial charge in [0.15, 0.2) is 0 Å². The van der Waals surface area contributed by atoms with E-state index in [0.29, 0.717) is 32.3 Å². The van der Waals surface area contributed by atoms with Gasteiger partial charge in [-0.15, -0.1) is 0 Å². The standard InChI is InChI=1S/C14H22N3O3P/c1-3-19-21(18,20-4-2)10-9-12-11-17(15)14-8-6-5-7-13(14)16-12/h5-8H,3-4,9-11,15H2,1-2H3. The lowest BCUT2D eigenvalue weighted by atomic mass is 10.2. The molecule has 1 aromatic carbocycles. The van der Waals surface area contributed by atoms with Crippen LogP contribution in [0.1, 0.15) is 20.3 Å². The normalized spacial score (nSPS) is 14.8. The molecule has 1 aliphatic heterocycles. The molecule has 0 aromatic heterocycles. The first-order valence-corrected chi connectivity index (χ1v) is 8.86. The summed E-state index contributed by atoms with van der Waals surface area (Å²) in [5.74, 6) is 6.01. The molecule has 2 rings (SSSR count). The number of nitrogens with zero attached hydrogens (tertiary/aromatic N) is 2. The number of para-hydroxylation sites is 2. The molecule has 0 saturated heterocycles. The number of fused-ring (bicyclic) bond motifs is 1. The average Bonchev–Trinajstić information content (AvgIpc) is 2.46. The van der Waals surface area contributed by atoms with Gasteiger partial charge in [-0.1, -0.05) is 12.1 Å². The summed E-state index contributed by atoms with van der Waals surface area (Å²) >= 11 is 0. The summed E-state index contributed by atoms with van der Waals surface area (Å²) < 4.78 is 23.0. The first-order valence-electron chi connectivity index (χ1n) is 7.14. The van der Waals surface area contributed by atoms with Gasteiger partial charge in [-0.2, -0.15) is 0 Å². The van der Waals surface area contributed by atoms with Crippen molar-refractivity contribution in [3.63, 3.8) is 0 Å². The first kappa shape index (κ1) is 16.2. The van der Waals surface area contributed by atoms with Crippen LogP contribution in [0.25, 0.3) is 0 Å². The highest BCUT2D eigenvalue weighted by atomic mass is 31.2. The Morgan fingerprint density at radius 1 is 1.29 bits per heavy atom. The summed E-state index contributed by atoms with van der Waals surface area (Å²) in [4.78, 5) is 4.58. The fourth-order valence-electron chi connectivity index (χ4n) is 2.25. The highest BCUT2D eigenvalue weighted by Gasteiger charge is 2.25. The van der Waals surface area contributed by atoms with Crippen molar-refractivity contribution in [2.75, 3.05) is 30.9 Å². The number of hydrazine groups is 1. The number of hydrogen-bond acceptors (Lipinski definition) is 6. The molecule has 0 unspecified atom stereocenters. The van der Waals surface area contributed by atoms with Crippen LogP contribution in [0.2, 0.25) is 0 Å². The summed E-state index contributed by atoms with van der Waals surface area (Å²) in [5, 5.41) is 1.66. The Labute approximate surface area is 125 Å².